The molecule has 0 radical (unpaired) electrons. The van der Waals surface area contributed by atoms with Crippen molar-refractivity contribution >= 4 is 25.1 Å². The Labute approximate surface area is 69.4 Å². The van der Waals surface area contributed by atoms with E-state index in [4.69, 9.17) is 0 Å². The zero-order valence-electron chi connectivity index (χ0n) is 5.32. The van der Waals surface area contributed by atoms with Gasteiger partial charge in [0.25, 0.3) is 0 Å². The van der Waals surface area contributed by atoms with Crippen LogP contribution in [0.4, 0.5) is 8.78 Å². The number of rotatable bonds is 1. The summed E-state index contributed by atoms with van der Waals surface area (Å²) in [5, 5.41) is 0. The predicted molar refractivity (Wildman–Crippen MR) is 47.7 cm³/mol. The van der Waals surface area contributed by atoms with Crippen LogP contribution in [0.25, 0.3) is 0 Å². The van der Waals surface area contributed by atoms with Crippen molar-refractivity contribution in [1.82, 2.24) is 0 Å². The molecule has 1 aromatic carbocycles. The minimum Gasteiger partial charge on any atom is -0.215 e. The normalized spacial score (nSPS) is 10.2. The van der Waals surface area contributed by atoms with E-state index in [1.54, 1.807) is 6.26 Å². The third kappa shape index (κ3) is 1.74. The summed E-state index contributed by atoms with van der Waals surface area (Å²) in [6.45, 7) is 0. The molecule has 0 aliphatic rings. The highest BCUT2D eigenvalue weighted by molar-refractivity contribution is 7.98. The molecule has 60 valence electrons. The number of benzene rings is 1. The molecule has 0 fully saturated rings. The van der Waals surface area contributed by atoms with Gasteiger partial charge in [0.1, 0.15) is 11.6 Å². The summed E-state index contributed by atoms with van der Waals surface area (Å²) in [6.07, 6.45) is 1.67. The molecule has 1 aromatic rings. The second-order valence-electron chi connectivity index (χ2n) is 1.68. The monoisotopic (exact) mass is 173 g/mol. The van der Waals surface area contributed by atoms with Crippen LogP contribution in [0.3, 0.4) is 0 Å². The Morgan fingerprint density at radius 1 is 1.27 bits per heavy atom. The van der Waals surface area contributed by atoms with Gasteiger partial charge in [-0.05, 0) is 14.1 Å². The SMILES string of the molecule is [BH3-]c1cc(F)c(SC)c(F)c1. The van der Waals surface area contributed by atoms with Gasteiger partial charge in [-0.3, -0.25) is 0 Å². The molecule has 0 spiro atoms. The van der Waals surface area contributed by atoms with Gasteiger partial charge in [0.15, 0.2) is 0 Å². The van der Waals surface area contributed by atoms with Crippen LogP contribution in [0, 0.1) is 11.6 Å². The first-order valence-corrected chi connectivity index (χ1v) is 3.87. The van der Waals surface area contributed by atoms with Gasteiger partial charge in [-0.1, -0.05) is 12.1 Å². The molecule has 0 atom stereocenters. The standard InChI is InChI=1S/C7H8BF2S/c1-11-7-5(9)2-4(8)3-6(7)10/h2-3H,1,8H3/q-1. The average molecular weight is 173 g/mol. The van der Waals surface area contributed by atoms with Crippen molar-refractivity contribution in [2.75, 3.05) is 6.26 Å². The van der Waals surface area contributed by atoms with E-state index >= 15 is 0 Å². The quantitative estimate of drug-likeness (QED) is 0.444. The van der Waals surface area contributed by atoms with E-state index in [2.05, 4.69) is 0 Å². The fraction of sp³-hybridized carbons (Fsp3) is 0.143. The van der Waals surface area contributed by atoms with E-state index in [1.165, 1.54) is 12.1 Å². The highest BCUT2D eigenvalue weighted by atomic mass is 32.2. The Balaban J connectivity index is 3.25. The van der Waals surface area contributed by atoms with E-state index in [-0.39, 0.29) is 12.7 Å². The predicted octanol–water partition coefficient (Wildman–Crippen LogP) is 0.677. The molecule has 0 saturated carbocycles. The summed E-state index contributed by atoms with van der Waals surface area (Å²) in [7, 11) is -0.102. The van der Waals surface area contributed by atoms with Gasteiger partial charge < -0.3 is 0 Å². The lowest BCUT2D eigenvalue weighted by Crippen LogP contribution is -2.05. The van der Waals surface area contributed by atoms with Crippen LogP contribution in [0.1, 0.15) is 0 Å². The van der Waals surface area contributed by atoms with Crippen molar-refractivity contribution in [3.8, 4) is 0 Å². The van der Waals surface area contributed by atoms with Gasteiger partial charge in [-0.15, -0.1) is 11.8 Å². The third-order valence-corrected chi connectivity index (χ3v) is 1.86. The van der Waals surface area contributed by atoms with Crippen LogP contribution in [0.2, 0.25) is 0 Å². The molecular formula is C7H8BF2S-. The second kappa shape index (κ2) is 3.26. The van der Waals surface area contributed by atoms with Crippen LogP contribution >= 0.6 is 11.8 Å². The van der Waals surface area contributed by atoms with Crippen molar-refractivity contribution in [3.63, 3.8) is 0 Å². The Kier molecular flexibility index (Phi) is 2.55. The van der Waals surface area contributed by atoms with Gasteiger partial charge in [0, 0.05) is 0 Å². The molecule has 0 heterocycles. The van der Waals surface area contributed by atoms with Gasteiger partial charge >= 0.3 is 0 Å². The molecule has 0 unspecified atom stereocenters. The number of halogens is 2. The molecule has 0 amide bonds. The van der Waals surface area contributed by atoms with Gasteiger partial charge in [-0.25, -0.2) is 14.2 Å². The Morgan fingerprint density at radius 3 is 2.09 bits per heavy atom. The average Bonchev–Trinajstić information content (AvgIpc) is 1.85. The first kappa shape index (κ1) is 8.59. The fourth-order valence-corrected chi connectivity index (χ4v) is 1.14. The smallest absolute Gasteiger partial charge is 0.136 e. The highest BCUT2D eigenvalue weighted by Crippen LogP contribution is 2.20. The lowest BCUT2D eigenvalue weighted by molar-refractivity contribution is 0.543. The van der Waals surface area contributed by atoms with Gasteiger partial charge in [0.2, 0.25) is 0 Å². The van der Waals surface area contributed by atoms with Gasteiger partial charge in [-0.2, -0.15) is 0 Å². The zero-order chi connectivity index (χ0) is 8.43. The first-order valence-electron chi connectivity index (χ1n) is 2.65. The largest absolute Gasteiger partial charge is 0.215 e. The minimum atomic E-state index is -0.414. The van der Waals surface area contributed by atoms with E-state index in [9.17, 15) is 8.78 Å². The summed E-state index contributed by atoms with van der Waals surface area (Å²) in [5.74, 6) is -0.829. The van der Waals surface area contributed by atoms with E-state index in [0.717, 1.165) is 17.2 Å². The topological polar surface area (TPSA) is 0 Å². The van der Waals surface area contributed by atoms with Crippen LogP contribution in [-0.2, 0) is 0 Å². The Bertz CT molecular complexity index is 252. The number of hydrogen-bond acceptors (Lipinski definition) is 1. The molecular weight excluding hydrogens is 165 g/mol. The van der Waals surface area contributed by atoms with Crippen LogP contribution < -0.4 is 5.46 Å². The van der Waals surface area contributed by atoms with E-state index in [0.29, 0.717) is 0 Å². The molecule has 0 saturated heterocycles. The van der Waals surface area contributed by atoms with Crippen LogP contribution in [-0.4, -0.2) is 14.1 Å². The van der Waals surface area contributed by atoms with E-state index in [1.807, 2.05) is 0 Å². The maximum atomic E-state index is 12.9. The summed E-state index contributed by atoms with van der Waals surface area (Å²) in [4.78, 5) is 0.133. The molecule has 0 aromatic heterocycles. The number of hydrogen-bond donors (Lipinski definition) is 0. The fourth-order valence-electron chi connectivity index (χ4n) is 0.628. The Hall–Kier alpha value is -0.505. The number of thioether (sulfide) groups is 1. The minimum absolute atomic E-state index is 0.102. The zero-order valence-corrected chi connectivity index (χ0v) is 6.14. The molecule has 0 nitrogen and oxygen atoms in total. The molecule has 0 bridgehead atoms. The van der Waals surface area contributed by atoms with Gasteiger partial charge in [0.05, 0.1) is 4.90 Å². The maximum absolute atomic E-state index is 12.9. The maximum Gasteiger partial charge on any atom is 0.136 e. The molecule has 0 aliphatic carbocycles. The van der Waals surface area contributed by atoms with E-state index < -0.39 is 11.6 Å². The Morgan fingerprint density at radius 2 is 1.73 bits per heavy atom. The summed E-state index contributed by atoms with van der Waals surface area (Å²) in [5.41, 5.74) is 0.859. The van der Waals surface area contributed by atoms with Crippen LogP contribution in [0.15, 0.2) is 17.0 Å². The summed E-state index contributed by atoms with van der Waals surface area (Å²) in [6, 6.07) is 2.88. The molecule has 11 heavy (non-hydrogen) atoms. The molecule has 0 N–H and O–H groups in total. The summed E-state index contributed by atoms with van der Waals surface area (Å²) < 4.78 is 25.8. The third-order valence-electron chi connectivity index (χ3n) is 1.06. The highest BCUT2D eigenvalue weighted by Gasteiger charge is 2.05. The lowest BCUT2D eigenvalue weighted by atomic mass is 9.96. The molecule has 0 aliphatic heterocycles. The van der Waals surface area contributed by atoms with Crippen molar-refractivity contribution in [2.24, 2.45) is 0 Å². The first-order chi connectivity index (χ1) is 5.15. The van der Waals surface area contributed by atoms with Crippen molar-refractivity contribution in [1.29, 1.82) is 0 Å². The molecule has 1 rings (SSSR count). The van der Waals surface area contributed by atoms with Crippen molar-refractivity contribution in [2.45, 2.75) is 4.90 Å². The van der Waals surface area contributed by atoms with Crippen LogP contribution in [0.5, 0.6) is 0 Å². The summed E-state index contributed by atoms with van der Waals surface area (Å²) >= 11 is 1.11. The van der Waals surface area contributed by atoms with Crippen molar-refractivity contribution in [3.05, 3.63) is 23.8 Å². The lowest BCUT2D eigenvalue weighted by Gasteiger charge is -2.04. The second-order valence-corrected chi connectivity index (χ2v) is 2.50. The van der Waals surface area contributed by atoms with Crippen molar-refractivity contribution < 1.29 is 8.78 Å². The molecule has 4 heteroatoms.